The number of guanidine groups is 1. The number of methoxy groups -OCH3 is 1. The minimum Gasteiger partial charge on any atom is -0.385 e. The maximum absolute atomic E-state index is 5.49. The molecule has 1 unspecified atom stereocenters. The molecule has 26 heavy (non-hydrogen) atoms. The highest BCUT2D eigenvalue weighted by Gasteiger charge is 2.23. The zero-order chi connectivity index (χ0) is 19.2. The van der Waals surface area contributed by atoms with E-state index in [0.717, 1.165) is 78.0 Å². The number of likely N-dealkylation sites (N-methyl/N-ethyl adjacent to an activating group) is 1. The molecule has 0 saturated carbocycles. The summed E-state index contributed by atoms with van der Waals surface area (Å²) >= 11 is 0. The number of nitrogens with zero attached hydrogens (tertiary/aromatic N) is 3. The number of nitrogens with one attached hydrogen (secondary N) is 2. The third-order valence-electron chi connectivity index (χ3n) is 4.74. The van der Waals surface area contributed by atoms with E-state index in [1.54, 1.807) is 7.11 Å². The lowest BCUT2D eigenvalue weighted by Crippen LogP contribution is -2.48. The molecule has 0 bridgehead atoms. The monoisotopic (exact) mass is 371 g/mol. The van der Waals surface area contributed by atoms with Crippen LogP contribution in [-0.4, -0.2) is 102 Å². The van der Waals surface area contributed by atoms with Crippen LogP contribution in [-0.2, 0) is 9.47 Å². The van der Waals surface area contributed by atoms with Gasteiger partial charge in [-0.25, -0.2) is 0 Å². The third-order valence-corrected chi connectivity index (χ3v) is 4.74. The van der Waals surface area contributed by atoms with Gasteiger partial charge in [0, 0.05) is 59.0 Å². The molecule has 0 aliphatic carbocycles. The average Bonchev–Trinajstić information content (AvgIpc) is 2.62. The van der Waals surface area contributed by atoms with Crippen molar-refractivity contribution < 1.29 is 9.47 Å². The lowest BCUT2D eigenvalue weighted by atomic mass is 10.0. The van der Waals surface area contributed by atoms with E-state index in [1.807, 2.05) is 0 Å². The van der Waals surface area contributed by atoms with Crippen LogP contribution in [0.1, 0.15) is 27.2 Å². The first-order chi connectivity index (χ1) is 12.6. The molecule has 0 aromatic heterocycles. The standard InChI is InChI=1S/C19H41N5O2/c1-6-20-19(21-8-10-23(4)9-7-13-25-5)22-16-18(17(2)3)24-11-14-26-15-12-24/h17-18H,6-16H2,1-5H3,(H2,20,21,22). The van der Waals surface area contributed by atoms with Gasteiger partial charge in [-0.2, -0.15) is 0 Å². The summed E-state index contributed by atoms with van der Waals surface area (Å²) in [5.74, 6) is 1.49. The predicted molar refractivity (Wildman–Crippen MR) is 109 cm³/mol. The first-order valence-electron chi connectivity index (χ1n) is 10.1. The fraction of sp³-hybridized carbons (Fsp3) is 0.947. The van der Waals surface area contributed by atoms with Gasteiger partial charge in [0.25, 0.3) is 0 Å². The molecule has 2 N–H and O–H groups in total. The predicted octanol–water partition coefficient (Wildman–Crippen LogP) is 0.867. The molecule has 1 fully saturated rings. The highest BCUT2D eigenvalue weighted by molar-refractivity contribution is 5.79. The van der Waals surface area contributed by atoms with Crippen molar-refractivity contribution in [2.75, 3.05) is 79.8 Å². The molecule has 0 aromatic carbocycles. The molecule has 1 aliphatic rings. The second-order valence-electron chi connectivity index (χ2n) is 7.26. The van der Waals surface area contributed by atoms with Gasteiger partial charge in [-0.05, 0) is 26.3 Å². The van der Waals surface area contributed by atoms with Gasteiger partial charge in [0.2, 0.25) is 0 Å². The Kier molecular flexibility index (Phi) is 12.6. The molecule has 7 heteroatoms. The molecule has 0 aromatic rings. The molecule has 0 amide bonds. The van der Waals surface area contributed by atoms with Crippen molar-refractivity contribution in [2.45, 2.75) is 33.2 Å². The average molecular weight is 372 g/mol. The van der Waals surface area contributed by atoms with Crippen molar-refractivity contribution in [3.05, 3.63) is 0 Å². The van der Waals surface area contributed by atoms with Crippen LogP contribution in [0.25, 0.3) is 0 Å². The fourth-order valence-corrected chi connectivity index (χ4v) is 3.14. The van der Waals surface area contributed by atoms with Crippen LogP contribution >= 0.6 is 0 Å². The summed E-state index contributed by atoms with van der Waals surface area (Å²) in [6, 6.07) is 0.464. The Hall–Kier alpha value is -0.890. The van der Waals surface area contributed by atoms with E-state index >= 15 is 0 Å². The first kappa shape index (κ1) is 23.1. The molecule has 1 aliphatic heterocycles. The Balaban J connectivity index is 2.44. The van der Waals surface area contributed by atoms with E-state index in [-0.39, 0.29) is 0 Å². The summed E-state index contributed by atoms with van der Waals surface area (Å²) in [5, 5.41) is 6.82. The summed E-state index contributed by atoms with van der Waals surface area (Å²) in [7, 11) is 3.90. The number of rotatable bonds is 12. The van der Waals surface area contributed by atoms with Crippen LogP contribution in [0.15, 0.2) is 4.99 Å². The molecule has 1 atom stereocenters. The summed E-state index contributed by atoms with van der Waals surface area (Å²) in [6.45, 7) is 15.8. The molecule has 1 heterocycles. The Bertz CT molecular complexity index is 373. The second kappa shape index (κ2) is 14.2. The molecule has 7 nitrogen and oxygen atoms in total. The summed E-state index contributed by atoms with van der Waals surface area (Å²) in [5.41, 5.74) is 0. The van der Waals surface area contributed by atoms with E-state index in [9.17, 15) is 0 Å². The summed E-state index contributed by atoms with van der Waals surface area (Å²) in [6.07, 6.45) is 1.07. The summed E-state index contributed by atoms with van der Waals surface area (Å²) < 4.78 is 10.6. The largest absolute Gasteiger partial charge is 0.385 e. The smallest absolute Gasteiger partial charge is 0.191 e. The van der Waals surface area contributed by atoms with Gasteiger partial charge in [-0.3, -0.25) is 9.89 Å². The molecule has 154 valence electrons. The second-order valence-corrected chi connectivity index (χ2v) is 7.26. The van der Waals surface area contributed by atoms with Gasteiger partial charge < -0.3 is 25.0 Å². The molecular formula is C19H41N5O2. The van der Waals surface area contributed by atoms with Gasteiger partial charge in [0.05, 0.1) is 19.8 Å². The fourth-order valence-electron chi connectivity index (χ4n) is 3.14. The van der Waals surface area contributed by atoms with E-state index in [2.05, 4.69) is 48.3 Å². The topological polar surface area (TPSA) is 61.4 Å². The van der Waals surface area contributed by atoms with Gasteiger partial charge in [0.15, 0.2) is 5.96 Å². The molecule has 1 saturated heterocycles. The van der Waals surface area contributed by atoms with E-state index in [0.29, 0.717) is 12.0 Å². The lowest BCUT2D eigenvalue weighted by Gasteiger charge is -2.36. The normalized spacial score (nSPS) is 17.7. The zero-order valence-corrected chi connectivity index (χ0v) is 17.6. The Labute approximate surface area is 160 Å². The van der Waals surface area contributed by atoms with Crippen LogP contribution in [0.2, 0.25) is 0 Å². The summed E-state index contributed by atoms with van der Waals surface area (Å²) in [4.78, 5) is 9.69. The van der Waals surface area contributed by atoms with Gasteiger partial charge in [-0.1, -0.05) is 13.8 Å². The van der Waals surface area contributed by atoms with Gasteiger partial charge in [0.1, 0.15) is 0 Å². The number of hydrogen-bond acceptors (Lipinski definition) is 5. The van der Waals surface area contributed by atoms with Crippen molar-refractivity contribution in [1.29, 1.82) is 0 Å². The van der Waals surface area contributed by atoms with Crippen LogP contribution in [0.3, 0.4) is 0 Å². The third kappa shape index (κ3) is 9.71. The Morgan fingerprint density at radius 2 is 1.96 bits per heavy atom. The number of ether oxygens (including phenoxy) is 2. The lowest BCUT2D eigenvalue weighted by molar-refractivity contribution is 0.00867. The molecule has 0 spiro atoms. The SMILES string of the molecule is CCNC(=NCC(C(C)C)N1CCOCC1)NCCN(C)CCCOC. The zero-order valence-electron chi connectivity index (χ0n) is 17.6. The number of morpholine rings is 1. The quantitative estimate of drug-likeness (QED) is 0.302. The van der Waals surface area contributed by atoms with Crippen LogP contribution in [0, 0.1) is 5.92 Å². The van der Waals surface area contributed by atoms with E-state index in [1.165, 1.54) is 0 Å². The molecule has 1 rings (SSSR count). The van der Waals surface area contributed by atoms with Crippen LogP contribution in [0.5, 0.6) is 0 Å². The minimum absolute atomic E-state index is 0.464. The minimum atomic E-state index is 0.464. The van der Waals surface area contributed by atoms with Crippen molar-refractivity contribution in [3.8, 4) is 0 Å². The number of aliphatic imine (C=N–C) groups is 1. The van der Waals surface area contributed by atoms with E-state index in [4.69, 9.17) is 14.5 Å². The van der Waals surface area contributed by atoms with Gasteiger partial charge in [-0.15, -0.1) is 0 Å². The Morgan fingerprint density at radius 1 is 1.23 bits per heavy atom. The molecular weight excluding hydrogens is 330 g/mol. The highest BCUT2D eigenvalue weighted by Crippen LogP contribution is 2.13. The van der Waals surface area contributed by atoms with Gasteiger partial charge >= 0.3 is 0 Å². The highest BCUT2D eigenvalue weighted by atomic mass is 16.5. The maximum atomic E-state index is 5.49. The maximum Gasteiger partial charge on any atom is 0.191 e. The molecule has 0 radical (unpaired) electrons. The van der Waals surface area contributed by atoms with Crippen LogP contribution in [0.4, 0.5) is 0 Å². The van der Waals surface area contributed by atoms with Crippen molar-refractivity contribution in [2.24, 2.45) is 10.9 Å². The Morgan fingerprint density at radius 3 is 2.58 bits per heavy atom. The first-order valence-corrected chi connectivity index (χ1v) is 10.1. The van der Waals surface area contributed by atoms with Crippen molar-refractivity contribution in [1.82, 2.24) is 20.4 Å². The van der Waals surface area contributed by atoms with Crippen LogP contribution < -0.4 is 10.6 Å². The van der Waals surface area contributed by atoms with Crippen molar-refractivity contribution in [3.63, 3.8) is 0 Å². The van der Waals surface area contributed by atoms with E-state index < -0.39 is 0 Å². The number of hydrogen-bond donors (Lipinski definition) is 2. The van der Waals surface area contributed by atoms with Crippen molar-refractivity contribution >= 4 is 5.96 Å².